The van der Waals surface area contributed by atoms with Gasteiger partial charge in [-0.1, -0.05) is 55.8 Å². The lowest BCUT2D eigenvalue weighted by molar-refractivity contribution is 0.473. The fraction of sp³-hybridized carbons (Fsp3) is 0.368. The first-order chi connectivity index (χ1) is 9.65. The molecule has 2 rings (SSSR count). The van der Waals surface area contributed by atoms with E-state index >= 15 is 0 Å². The van der Waals surface area contributed by atoms with Crippen LogP contribution in [0.4, 0.5) is 0 Å². The predicted octanol–water partition coefficient (Wildman–Crippen LogP) is 5.39. The summed E-state index contributed by atoms with van der Waals surface area (Å²) in [7, 11) is 0. The first kappa shape index (κ1) is 14.6. The fourth-order valence-corrected chi connectivity index (χ4v) is 3.04. The number of aromatic hydroxyl groups is 1. The molecule has 20 heavy (non-hydrogen) atoms. The van der Waals surface area contributed by atoms with Crippen LogP contribution in [-0.2, 0) is 0 Å². The third-order valence-corrected chi connectivity index (χ3v) is 4.19. The van der Waals surface area contributed by atoms with Crippen molar-refractivity contribution in [1.82, 2.24) is 0 Å². The molecular formula is C19H24O. The zero-order valence-electron chi connectivity index (χ0n) is 12.6. The van der Waals surface area contributed by atoms with Crippen LogP contribution in [-0.4, -0.2) is 5.11 Å². The molecule has 0 spiro atoms. The Balaban J connectivity index is 2.32. The molecular weight excluding hydrogens is 244 g/mol. The summed E-state index contributed by atoms with van der Waals surface area (Å²) in [5.74, 6) is 1.38. The maximum absolute atomic E-state index is 9.45. The Labute approximate surface area is 122 Å². The average Bonchev–Trinajstić information content (AvgIpc) is 2.47. The number of aryl methyl sites for hydroxylation is 1. The molecule has 0 aliphatic rings. The second kappa shape index (κ2) is 6.60. The van der Waals surface area contributed by atoms with E-state index in [0.717, 1.165) is 12.8 Å². The second-order valence-corrected chi connectivity index (χ2v) is 5.53. The molecule has 0 saturated carbocycles. The van der Waals surface area contributed by atoms with Crippen molar-refractivity contribution in [2.24, 2.45) is 0 Å². The van der Waals surface area contributed by atoms with Crippen molar-refractivity contribution in [3.63, 3.8) is 0 Å². The van der Waals surface area contributed by atoms with E-state index in [2.05, 4.69) is 57.2 Å². The Bertz CT molecular complexity index is 473. The van der Waals surface area contributed by atoms with Gasteiger partial charge < -0.3 is 5.11 Å². The van der Waals surface area contributed by atoms with Gasteiger partial charge >= 0.3 is 0 Å². The van der Waals surface area contributed by atoms with Gasteiger partial charge in [0.05, 0.1) is 0 Å². The number of benzene rings is 2. The molecule has 2 atom stereocenters. The molecule has 0 heterocycles. The predicted molar refractivity (Wildman–Crippen MR) is 85.3 cm³/mol. The Morgan fingerprint density at radius 2 is 1.15 bits per heavy atom. The molecule has 0 unspecified atom stereocenters. The Kier molecular flexibility index (Phi) is 4.84. The van der Waals surface area contributed by atoms with Crippen LogP contribution in [0.5, 0.6) is 5.75 Å². The fourth-order valence-electron chi connectivity index (χ4n) is 3.04. The molecule has 106 valence electrons. The molecule has 0 fully saturated rings. The van der Waals surface area contributed by atoms with E-state index in [0.29, 0.717) is 17.6 Å². The van der Waals surface area contributed by atoms with Gasteiger partial charge in [-0.05, 0) is 54.9 Å². The highest BCUT2D eigenvalue weighted by Gasteiger charge is 2.21. The SMILES string of the molecule is CC[C@@H](c1ccc(C)cc1)[C@@H](CC)c1ccc(O)cc1. The van der Waals surface area contributed by atoms with E-state index in [-0.39, 0.29) is 0 Å². The molecule has 1 nitrogen and oxygen atoms in total. The number of hydrogen-bond donors (Lipinski definition) is 1. The smallest absolute Gasteiger partial charge is 0.115 e. The first-order valence-corrected chi connectivity index (χ1v) is 7.51. The molecule has 0 saturated heterocycles. The molecule has 1 heteroatoms. The van der Waals surface area contributed by atoms with Gasteiger partial charge in [-0.15, -0.1) is 0 Å². The zero-order chi connectivity index (χ0) is 14.5. The van der Waals surface area contributed by atoms with Crippen LogP contribution in [0.2, 0.25) is 0 Å². The average molecular weight is 268 g/mol. The molecule has 0 aliphatic carbocycles. The largest absolute Gasteiger partial charge is 0.508 e. The molecule has 0 aromatic heterocycles. The van der Waals surface area contributed by atoms with Gasteiger partial charge in [0, 0.05) is 0 Å². The quantitative estimate of drug-likeness (QED) is 0.771. The maximum Gasteiger partial charge on any atom is 0.115 e. The van der Waals surface area contributed by atoms with Crippen molar-refractivity contribution < 1.29 is 5.11 Å². The van der Waals surface area contributed by atoms with Gasteiger partial charge in [0.2, 0.25) is 0 Å². The lowest BCUT2D eigenvalue weighted by atomic mass is 9.78. The molecule has 1 N–H and O–H groups in total. The summed E-state index contributed by atoms with van der Waals surface area (Å²) in [6, 6.07) is 16.6. The van der Waals surface area contributed by atoms with Gasteiger partial charge in [0.15, 0.2) is 0 Å². The highest BCUT2D eigenvalue weighted by Crippen LogP contribution is 2.38. The van der Waals surface area contributed by atoms with E-state index in [1.54, 1.807) is 12.1 Å². The van der Waals surface area contributed by atoms with Crippen molar-refractivity contribution in [2.75, 3.05) is 0 Å². The van der Waals surface area contributed by atoms with Crippen LogP contribution in [0, 0.1) is 6.92 Å². The summed E-state index contributed by atoms with van der Waals surface area (Å²) in [6.07, 6.45) is 2.24. The van der Waals surface area contributed by atoms with Crippen molar-refractivity contribution in [2.45, 2.75) is 45.4 Å². The van der Waals surface area contributed by atoms with Crippen LogP contribution in [0.15, 0.2) is 48.5 Å². The Hall–Kier alpha value is -1.76. The molecule has 0 bridgehead atoms. The summed E-state index contributed by atoms with van der Waals surface area (Å²) in [5, 5.41) is 9.45. The van der Waals surface area contributed by atoms with E-state index < -0.39 is 0 Å². The molecule has 2 aromatic rings. The lowest BCUT2D eigenvalue weighted by Gasteiger charge is -2.26. The van der Waals surface area contributed by atoms with Gasteiger partial charge in [0.25, 0.3) is 0 Å². The van der Waals surface area contributed by atoms with Crippen LogP contribution in [0.1, 0.15) is 55.2 Å². The summed E-state index contributed by atoms with van der Waals surface area (Å²) in [6.45, 7) is 6.63. The van der Waals surface area contributed by atoms with E-state index in [1.807, 2.05) is 0 Å². The van der Waals surface area contributed by atoms with Crippen molar-refractivity contribution >= 4 is 0 Å². The number of phenolic OH excluding ortho intramolecular Hbond substituents is 1. The van der Waals surface area contributed by atoms with E-state index in [4.69, 9.17) is 0 Å². The van der Waals surface area contributed by atoms with Crippen molar-refractivity contribution in [3.8, 4) is 5.75 Å². The zero-order valence-corrected chi connectivity index (χ0v) is 12.6. The third-order valence-electron chi connectivity index (χ3n) is 4.19. The maximum atomic E-state index is 9.45. The monoisotopic (exact) mass is 268 g/mol. The normalized spacial score (nSPS) is 13.9. The summed E-state index contributed by atoms with van der Waals surface area (Å²) in [4.78, 5) is 0. The molecule has 0 aliphatic heterocycles. The third kappa shape index (κ3) is 3.22. The minimum absolute atomic E-state index is 0.340. The Morgan fingerprint density at radius 1 is 0.750 bits per heavy atom. The van der Waals surface area contributed by atoms with Crippen molar-refractivity contribution in [1.29, 1.82) is 0 Å². The van der Waals surface area contributed by atoms with Crippen LogP contribution in [0.3, 0.4) is 0 Å². The number of phenols is 1. The van der Waals surface area contributed by atoms with Crippen LogP contribution >= 0.6 is 0 Å². The molecule has 2 aromatic carbocycles. The first-order valence-electron chi connectivity index (χ1n) is 7.51. The summed E-state index contributed by atoms with van der Waals surface area (Å²) < 4.78 is 0. The highest BCUT2D eigenvalue weighted by molar-refractivity contribution is 5.33. The van der Waals surface area contributed by atoms with Crippen molar-refractivity contribution in [3.05, 3.63) is 65.2 Å². The number of rotatable bonds is 5. The van der Waals surface area contributed by atoms with Gasteiger partial charge in [0.1, 0.15) is 5.75 Å². The van der Waals surface area contributed by atoms with Crippen LogP contribution < -0.4 is 0 Å². The number of hydrogen-bond acceptors (Lipinski definition) is 1. The summed E-state index contributed by atoms with van der Waals surface area (Å²) >= 11 is 0. The minimum atomic E-state index is 0.340. The van der Waals surface area contributed by atoms with E-state index in [1.165, 1.54) is 16.7 Å². The van der Waals surface area contributed by atoms with Gasteiger partial charge in [-0.3, -0.25) is 0 Å². The molecule has 0 amide bonds. The summed E-state index contributed by atoms with van der Waals surface area (Å²) in [5.41, 5.74) is 4.04. The standard InChI is InChI=1S/C19H24O/c1-4-18(15-8-6-14(3)7-9-15)19(5-2)16-10-12-17(20)13-11-16/h6-13,18-20H,4-5H2,1-3H3/t18-,19-/m0/s1. The minimum Gasteiger partial charge on any atom is -0.508 e. The second-order valence-electron chi connectivity index (χ2n) is 5.53. The topological polar surface area (TPSA) is 20.2 Å². The van der Waals surface area contributed by atoms with Gasteiger partial charge in [-0.25, -0.2) is 0 Å². The highest BCUT2D eigenvalue weighted by atomic mass is 16.3. The van der Waals surface area contributed by atoms with E-state index in [9.17, 15) is 5.11 Å². The molecule has 0 radical (unpaired) electrons. The lowest BCUT2D eigenvalue weighted by Crippen LogP contribution is -2.10. The van der Waals surface area contributed by atoms with Crippen LogP contribution in [0.25, 0.3) is 0 Å². The van der Waals surface area contributed by atoms with Gasteiger partial charge in [-0.2, -0.15) is 0 Å². The Morgan fingerprint density at radius 3 is 1.55 bits per heavy atom.